The molecule has 1 aromatic carbocycles. The summed E-state index contributed by atoms with van der Waals surface area (Å²) in [7, 11) is 7.62. The normalized spacial score (nSPS) is 13.0. The number of benzene rings is 1. The van der Waals surface area contributed by atoms with Crippen molar-refractivity contribution in [3.63, 3.8) is 0 Å². The number of hydrogen-bond donors (Lipinski definition) is 1. The Labute approximate surface area is 138 Å². The number of guanidine groups is 1. The molecule has 0 saturated heterocycles. The molecule has 0 radical (unpaired) electrons. The van der Waals surface area contributed by atoms with Gasteiger partial charge in [0, 0.05) is 46.7 Å². The Morgan fingerprint density at radius 3 is 2.57 bits per heavy atom. The van der Waals surface area contributed by atoms with Gasteiger partial charge in [-0.15, -0.1) is 0 Å². The lowest BCUT2D eigenvalue weighted by Gasteiger charge is -2.24. The first-order valence-corrected chi connectivity index (χ1v) is 7.75. The molecule has 2 aromatic rings. The molecule has 0 amide bonds. The summed E-state index contributed by atoms with van der Waals surface area (Å²) in [6.45, 7) is 1.47. The highest BCUT2D eigenvalue weighted by Crippen LogP contribution is 2.15. The lowest BCUT2D eigenvalue weighted by Crippen LogP contribution is -2.40. The Kier molecular flexibility index (Phi) is 6.23. The van der Waals surface area contributed by atoms with Gasteiger partial charge in [0.2, 0.25) is 0 Å². The van der Waals surface area contributed by atoms with Crippen LogP contribution in [0.15, 0.2) is 53.7 Å². The molecule has 1 aromatic heterocycles. The minimum absolute atomic E-state index is 0.00335. The predicted octanol–water partition coefficient (Wildman–Crippen LogP) is 2.42. The zero-order valence-electron chi connectivity index (χ0n) is 14.4. The summed E-state index contributed by atoms with van der Waals surface area (Å²) in [6.07, 6.45) is 2.05. The molecule has 0 fully saturated rings. The number of nitrogens with zero attached hydrogens (tertiary/aromatic N) is 3. The number of aliphatic imine (C=N–C) groups is 1. The van der Waals surface area contributed by atoms with Gasteiger partial charge in [-0.25, -0.2) is 0 Å². The van der Waals surface area contributed by atoms with Gasteiger partial charge in [-0.05, 0) is 17.7 Å². The van der Waals surface area contributed by atoms with Crippen LogP contribution >= 0.6 is 0 Å². The third kappa shape index (κ3) is 4.60. The van der Waals surface area contributed by atoms with Crippen LogP contribution in [0.25, 0.3) is 0 Å². The monoisotopic (exact) mass is 314 g/mol. The van der Waals surface area contributed by atoms with Gasteiger partial charge in [0.1, 0.15) is 0 Å². The van der Waals surface area contributed by atoms with Crippen molar-refractivity contribution in [2.75, 3.05) is 27.7 Å². The maximum atomic E-state index is 5.60. The van der Waals surface area contributed by atoms with E-state index >= 15 is 0 Å². The predicted molar refractivity (Wildman–Crippen MR) is 94.4 cm³/mol. The summed E-state index contributed by atoms with van der Waals surface area (Å²) < 4.78 is 7.71. The highest BCUT2D eigenvalue weighted by molar-refractivity contribution is 5.79. The third-order valence-electron chi connectivity index (χ3n) is 3.93. The van der Waals surface area contributed by atoms with Gasteiger partial charge in [0.15, 0.2) is 5.96 Å². The van der Waals surface area contributed by atoms with Crippen LogP contribution in [0, 0.1) is 0 Å². The summed E-state index contributed by atoms with van der Waals surface area (Å²) in [6, 6.07) is 14.4. The van der Waals surface area contributed by atoms with Gasteiger partial charge in [-0.3, -0.25) is 4.99 Å². The van der Waals surface area contributed by atoms with Gasteiger partial charge in [-0.2, -0.15) is 0 Å². The van der Waals surface area contributed by atoms with Crippen LogP contribution in [0.4, 0.5) is 0 Å². The van der Waals surface area contributed by atoms with Gasteiger partial charge in [-0.1, -0.05) is 30.3 Å². The number of aromatic nitrogens is 1. The number of methoxy groups -OCH3 is 1. The maximum absolute atomic E-state index is 5.60. The Hall–Kier alpha value is -2.27. The highest BCUT2D eigenvalue weighted by atomic mass is 16.5. The summed E-state index contributed by atoms with van der Waals surface area (Å²) in [5.41, 5.74) is 2.39. The zero-order chi connectivity index (χ0) is 16.7. The standard InChI is InChI=1S/C18H26N4O/c1-19-18(22(3)14-16-11-8-12-21(16)2)20-13-17(23-4)15-9-6-5-7-10-15/h5-12,17H,13-14H2,1-4H3,(H,19,20). The molecule has 0 aliphatic heterocycles. The number of hydrogen-bond acceptors (Lipinski definition) is 2. The molecule has 0 aliphatic carbocycles. The lowest BCUT2D eigenvalue weighted by molar-refractivity contribution is 0.106. The largest absolute Gasteiger partial charge is 0.375 e. The van der Waals surface area contributed by atoms with Crippen LogP contribution in [0.1, 0.15) is 17.4 Å². The van der Waals surface area contributed by atoms with Crippen molar-refractivity contribution in [3.05, 3.63) is 59.9 Å². The van der Waals surface area contributed by atoms with E-state index in [9.17, 15) is 0 Å². The van der Waals surface area contributed by atoms with Crippen LogP contribution in [0.3, 0.4) is 0 Å². The SMILES string of the molecule is CN=C(NCC(OC)c1ccccc1)N(C)Cc1cccn1C. The Balaban J connectivity index is 1.95. The number of aryl methyl sites for hydroxylation is 1. The molecule has 2 rings (SSSR count). The summed E-state index contributed by atoms with van der Waals surface area (Å²) in [4.78, 5) is 6.47. The molecule has 0 saturated carbocycles. The van der Waals surface area contributed by atoms with E-state index in [1.807, 2.05) is 25.2 Å². The average Bonchev–Trinajstić information content (AvgIpc) is 2.97. The van der Waals surface area contributed by atoms with Crippen molar-refractivity contribution >= 4 is 5.96 Å². The summed E-state index contributed by atoms with van der Waals surface area (Å²) in [5, 5.41) is 3.39. The van der Waals surface area contributed by atoms with Gasteiger partial charge in [0.05, 0.1) is 12.6 Å². The molecule has 1 N–H and O–H groups in total. The quantitative estimate of drug-likeness (QED) is 0.658. The third-order valence-corrected chi connectivity index (χ3v) is 3.93. The van der Waals surface area contributed by atoms with Crippen molar-refractivity contribution in [2.24, 2.45) is 12.0 Å². The number of ether oxygens (including phenoxy) is 1. The fourth-order valence-electron chi connectivity index (χ4n) is 2.55. The van der Waals surface area contributed by atoms with Gasteiger partial charge >= 0.3 is 0 Å². The van der Waals surface area contributed by atoms with Crippen molar-refractivity contribution in [1.82, 2.24) is 14.8 Å². The van der Waals surface area contributed by atoms with E-state index in [1.165, 1.54) is 5.69 Å². The van der Waals surface area contributed by atoms with Crippen LogP contribution in [-0.2, 0) is 18.3 Å². The van der Waals surface area contributed by atoms with E-state index in [1.54, 1.807) is 14.2 Å². The van der Waals surface area contributed by atoms with Crippen molar-refractivity contribution in [3.8, 4) is 0 Å². The maximum Gasteiger partial charge on any atom is 0.193 e. The molecule has 0 bridgehead atoms. The molecule has 1 atom stereocenters. The van der Waals surface area contributed by atoms with Gasteiger partial charge < -0.3 is 19.5 Å². The van der Waals surface area contributed by atoms with E-state index in [-0.39, 0.29) is 6.10 Å². The molecule has 5 nitrogen and oxygen atoms in total. The van der Waals surface area contributed by atoms with E-state index in [0.29, 0.717) is 6.54 Å². The second-order valence-electron chi connectivity index (χ2n) is 5.53. The molecule has 23 heavy (non-hydrogen) atoms. The average molecular weight is 314 g/mol. The van der Waals surface area contributed by atoms with Crippen molar-refractivity contribution < 1.29 is 4.74 Å². The molecule has 0 aliphatic rings. The first-order chi connectivity index (χ1) is 11.2. The van der Waals surface area contributed by atoms with E-state index in [4.69, 9.17) is 4.74 Å². The topological polar surface area (TPSA) is 41.8 Å². The van der Waals surface area contributed by atoms with Crippen LogP contribution in [0.2, 0.25) is 0 Å². The molecule has 5 heteroatoms. The van der Waals surface area contributed by atoms with Crippen LogP contribution in [0.5, 0.6) is 0 Å². The Bertz CT molecular complexity index is 621. The fraction of sp³-hybridized carbons (Fsp3) is 0.389. The highest BCUT2D eigenvalue weighted by Gasteiger charge is 2.13. The lowest BCUT2D eigenvalue weighted by atomic mass is 10.1. The zero-order valence-corrected chi connectivity index (χ0v) is 14.4. The summed E-state index contributed by atoms with van der Waals surface area (Å²) >= 11 is 0. The second kappa shape index (κ2) is 8.39. The molecule has 124 valence electrons. The van der Waals surface area contributed by atoms with Crippen LogP contribution < -0.4 is 5.32 Å². The molecular weight excluding hydrogens is 288 g/mol. The minimum atomic E-state index is -0.00335. The summed E-state index contributed by atoms with van der Waals surface area (Å²) in [5.74, 6) is 0.851. The van der Waals surface area contributed by atoms with E-state index in [0.717, 1.165) is 18.1 Å². The molecule has 1 heterocycles. The Morgan fingerprint density at radius 1 is 1.26 bits per heavy atom. The second-order valence-corrected chi connectivity index (χ2v) is 5.53. The molecule has 0 spiro atoms. The number of rotatable bonds is 6. The van der Waals surface area contributed by atoms with E-state index < -0.39 is 0 Å². The van der Waals surface area contributed by atoms with Crippen molar-refractivity contribution in [2.45, 2.75) is 12.6 Å². The fourth-order valence-corrected chi connectivity index (χ4v) is 2.55. The number of nitrogens with one attached hydrogen (secondary N) is 1. The van der Waals surface area contributed by atoms with E-state index in [2.05, 4.69) is 57.3 Å². The minimum Gasteiger partial charge on any atom is -0.375 e. The molecule has 1 unspecified atom stereocenters. The van der Waals surface area contributed by atoms with Crippen molar-refractivity contribution in [1.29, 1.82) is 0 Å². The first kappa shape index (κ1) is 17.1. The van der Waals surface area contributed by atoms with Gasteiger partial charge in [0.25, 0.3) is 0 Å². The Morgan fingerprint density at radius 2 is 2.00 bits per heavy atom. The molecular formula is C18H26N4O. The smallest absolute Gasteiger partial charge is 0.193 e. The van der Waals surface area contributed by atoms with Crippen LogP contribution in [-0.4, -0.2) is 43.2 Å². The first-order valence-electron chi connectivity index (χ1n) is 7.75.